The summed E-state index contributed by atoms with van der Waals surface area (Å²) in [6.07, 6.45) is 6.70. The Kier molecular flexibility index (Phi) is 4.51. The van der Waals surface area contributed by atoms with Gasteiger partial charge >= 0.3 is 0 Å². The summed E-state index contributed by atoms with van der Waals surface area (Å²) in [4.78, 5) is 20.0. The van der Waals surface area contributed by atoms with Crippen molar-refractivity contribution in [2.75, 3.05) is 12.8 Å². The van der Waals surface area contributed by atoms with Crippen LogP contribution < -0.4 is 5.32 Å². The summed E-state index contributed by atoms with van der Waals surface area (Å²) in [6, 6.07) is 1.93. The molecule has 0 saturated carbocycles. The van der Waals surface area contributed by atoms with E-state index in [2.05, 4.69) is 20.4 Å². The molecule has 2 heterocycles. The highest BCUT2D eigenvalue weighted by molar-refractivity contribution is 7.98. The van der Waals surface area contributed by atoms with Gasteiger partial charge in [-0.15, -0.1) is 0 Å². The smallest absolute Gasteiger partial charge is 0.254 e. The molecular weight excluding hydrogens is 262 g/mol. The van der Waals surface area contributed by atoms with Gasteiger partial charge in [-0.25, -0.2) is 9.97 Å². The molecular formula is C12H15N5OS. The van der Waals surface area contributed by atoms with Crippen molar-refractivity contribution in [3.05, 3.63) is 35.9 Å². The molecule has 0 aliphatic carbocycles. The van der Waals surface area contributed by atoms with Gasteiger partial charge in [0, 0.05) is 30.8 Å². The van der Waals surface area contributed by atoms with Crippen LogP contribution in [-0.4, -0.2) is 38.5 Å². The molecule has 6 nitrogen and oxygen atoms in total. The highest BCUT2D eigenvalue weighted by Gasteiger charge is 2.06. The second-order valence-electron chi connectivity index (χ2n) is 3.91. The van der Waals surface area contributed by atoms with Crippen molar-refractivity contribution in [1.82, 2.24) is 25.1 Å². The van der Waals surface area contributed by atoms with Crippen molar-refractivity contribution in [1.29, 1.82) is 0 Å². The summed E-state index contributed by atoms with van der Waals surface area (Å²) in [5, 5.41) is 7.62. The molecule has 0 spiro atoms. The first-order chi connectivity index (χ1) is 9.20. The maximum Gasteiger partial charge on any atom is 0.254 e. The molecule has 2 rings (SSSR count). The van der Waals surface area contributed by atoms with Crippen LogP contribution >= 0.6 is 11.8 Å². The highest BCUT2D eigenvalue weighted by Crippen LogP contribution is 2.06. The number of carbonyl (C=O) groups is 1. The standard InChI is InChI=1S/C12H15N5OS/c1-9-3-4-16-17(9)6-5-13-11(18)10-7-14-12(19-2)15-8-10/h3-4,7-8H,5-6H2,1-2H3,(H,13,18). The van der Waals surface area contributed by atoms with Crippen LogP contribution in [0.1, 0.15) is 16.1 Å². The van der Waals surface area contributed by atoms with E-state index in [0.29, 0.717) is 23.8 Å². The van der Waals surface area contributed by atoms with Crippen molar-refractivity contribution in [2.45, 2.75) is 18.6 Å². The second kappa shape index (κ2) is 6.33. The third-order valence-corrected chi connectivity index (χ3v) is 3.19. The predicted molar refractivity (Wildman–Crippen MR) is 73.1 cm³/mol. The minimum atomic E-state index is -0.169. The Morgan fingerprint density at radius 3 is 2.74 bits per heavy atom. The number of rotatable bonds is 5. The lowest BCUT2D eigenvalue weighted by atomic mass is 10.3. The summed E-state index contributed by atoms with van der Waals surface area (Å²) >= 11 is 1.44. The van der Waals surface area contributed by atoms with Crippen LogP contribution in [0.5, 0.6) is 0 Å². The molecule has 0 radical (unpaired) electrons. The van der Waals surface area contributed by atoms with E-state index in [0.717, 1.165) is 5.69 Å². The topological polar surface area (TPSA) is 72.7 Å². The van der Waals surface area contributed by atoms with Crippen LogP contribution in [-0.2, 0) is 6.54 Å². The Hall–Kier alpha value is -1.89. The maximum absolute atomic E-state index is 11.8. The molecule has 0 aromatic carbocycles. The molecule has 19 heavy (non-hydrogen) atoms. The average molecular weight is 277 g/mol. The molecule has 7 heteroatoms. The normalized spacial score (nSPS) is 10.4. The maximum atomic E-state index is 11.8. The summed E-state index contributed by atoms with van der Waals surface area (Å²) in [5.74, 6) is -0.169. The lowest BCUT2D eigenvalue weighted by Gasteiger charge is -2.06. The molecule has 0 atom stereocenters. The lowest BCUT2D eigenvalue weighted by Crippen LogP contribution is -2.28. The zero-order chi connectivity index (χ0) is 13.7. The van der Waals surface area contributed by atoms with Crippen LogP contribution in [0.2, 0.25) is 0 Å². The van der Waals surface area contributed by atoms with Gasteiger partial charge in [-0.3, -0.25) is 9.48 Å². The summed E-state index contributed by atoms with van der Waals surface area (Å²) in [7, 11) is 0. The minimum absolute atomic E-state index is 0.169. The van der Waals surface area contributed by atoms with Crippen molar-refractivity contribution < 1.29 is 4.79 Å². The van der Waals surface area contributed by atoms with Crippen molar-refractivity contribution in [3.8, 4) is 0 Å². The van der Waals surface area contributed by atoms with E-state index in [1.165, 1.54) is 24.2 Å². The number of nitrogens with one attached hydrogen (secondary N) is 1. The number of hydrogen-bond donors (Lipinski definition) is 1. The minimum Gasteiger partial charge on any atom is -0.350 e. The molecule has 100 valence electrons. The number of aromatic nitrogens is 4. The fourth-order valence-electron chi connectivity index (χ4n) is 1.55. The Bertz CT molecular complexity index is 552. The predicted octanol–water partition coefficient (Wildman–Crippen LogP) is 1.13. The molecule has 2 aromatic heterocycles. The molecule has 0 fully saturated rings. The molecule has 0 aliphatic rings. The van der Waals surface area contributed by atoms with E-state index in [1.807, 2.05) is 23.9 Å². The number of aryl methyl sites for hydroxylation is 1. The van der Waals surface area contributed by atoms with Gasteiger partial charge in [0.1, 0.15) is 0 Å². The Morgan fingerprint density at radius 1 is 1.42 bits per heavy atom. The van der Waals surface area contributed by atoms with Crippen molar-refractivity contribution in [2.24, 2.45) is 0 Å². The number of amides is 1. The second-order valence-corrected chi connectivity index (χ2v) is 4.68. The van der Waals surface area contributed by atoms with Gasteiger partial charge < -0.3 is 5.32 Å². The summed E-state index contributed by atoms with van der Waals surface area (Å²) < 4.78 is 1.84. The number of nitrogens with zero attached hydrogens (tertiary/aromatic N) is 4. The van der Waals surface area contributed by atoms with Gasteiger partial charge in [-0.05, 0) is 19.2 Å². The summed E-state index contributed by atoms with van der Waals surface area (Å²) in [6.45, 7) is 3.14. The van der Waals surface area contributed by atoms with E-state index in [9.17, 15) is 4.79 Å². The van der Waals surface area contributed by atoms with Gasteiger partial charge in [-0.1, -0.05) is 11.8 Å². The first-order valence-corrected chi connectivity index (χ1v) is 7.06. The van der Waals surface area contributed by atoms with Crippen LogP contribution in [0.25, 0.3) is 0 Å². The Labute approximate surface area is 115 Å². The Balaban J connectivity index is 1.85. The Morgan fingerprint density at radius 2 is 2.16 bits per heavy atom. The third-order valence-electron chi connectivity index (χ3n) is 2.61. The van der Waals surface area contributed by atoms with E-state index < -0.39 is 0 Å². The van der Waals surface area contributed by atoms with Crippen molar-refractivity contribution >= 4 is 17.7 Å². The van der Waals surface area contributed by atoms with Crippen LogP contribution in [0.4, 0.5) is 0 Å². The van der Waals surface area contributed by atoms with Gasteiger partial charge in [0.2, 0.25) is 0 Å². The van der Waals surface area contributed by atoms with Gasteiger partial charge in [0.15, 0.2) is 5.16 Å². The van der Waals surface area contributed by atoms with Gasteiger partial charge in [0.05, 0.1) is 12.1 Å². The van der Waals surface area contributed by atoms with Gasteiger partial charge in [0.25, 0.3) is 5.91 Å². The first-order valence-electron chi connectivity index (χ1n) is 5.83. The highest BCUT2D eigenvalue weighted by atomic mass is 32.2. The average Bonchev–Trinajstić information content (AvgIpc) is 2.84. The van der Waals surface area contributed by atoms with Crippen molar-refractivity contribution in [3.63, 3.8) is 0 Å². The molecule has 1 amide bonds. The molecule has 0 unspecified atom stereocenters. The van der Waals surface area contributed by atoms with E-state index in [1.54, 1.807) is 6.20 Å². The summed E-state index contributed by atoms with van der Waals surface area (Å²) in [5.41, 5.74) is 1.54. The van der Waals surface area contributed by atoms with E-state index >= 15 is 0 Å². The molecule has 1 N–H and O–H groups in total. The third kappa shape index (κ3) is 3.54. The lowest BCUT2D eigenvalue weighted by molar-refractivity contribution is 0.0951. The van der Waals surface area contributed by atoms with Crippen LogP contribution in [0.15, 0.2) is 29.8 Å². The van der Waals surface area contributed by atoms with E-state index in [-0.39, 0.29) is 5.91 Å². The molecule has 0 saturated heterocycles. The van der Waals surface area contributed by atoms with Gasteiger partial charge in [-0.2, -0.15) is 5.10 Å². The molecule has 0 aliphatic heterocycles. The van der Waals surface area contributed by atoms with Crippen LogP contribution in [0.3, 0.4) is 0 Å². The zero-order valence-corrected chi connectivity index (χ0v) is 11.6. The fraction of sp³-hybridized carbons (Fsp3) is 0.333. The molecule has 0 bridgehead atoms. The SMILES string of the molecule is CSc1ncc(C(=O)NCCn2nccc2C)cn1. The first kappa shape index (κ1) is 13.5. The van der Waals surface area contributed by atoms with E-state index in [4.69, 9.17) is 0 Å². The molecule has 2 aromatic rings. The number of hydrogen-bond acceptors (Lipinski definition) is 5. The monoisotopic (exact) mass is 277 g/mol. The zero-order valence-electron chi connectivity index (χ0n) is 10.8. The largest absolute Gasteiger partial charge is 0.350 e. The quantitative estimate of drug-likeness (QED) is 0.655. The van der Waals surface area contributed by atoms with Crippen LogP contribution in [0, 0.1) is 6.92 Å². The number of carbonyl (C=O) groups excluding carboxylic acids is 1. The fourth-order valence-corrected chi connectivity index (χ4v) is 1.87. The number of thioether (sulfide) groups is 1.